The highest BCUT2D eigenvalue weighted by atomic mass is 32.2. The minimum absolute atomic E-state index is 0.106. The summed E-state index contributed by atoms with van der Waals surface area (Å²) in [6, 6.07) is 24.4. The number of carbonyl (C=O) groups is 1. The van der Waals surface area contributed by atoms with E-state index in [2.05, 4.69) is 17.2 Å². The smallest absolute Gasteiger partial charge is 0.262 e. The van der Waals surface area contributed by atoms with Crippen LogP contribution in [0.4, 0.5) is 5.69 Å². The van der Waals surface area contributed by atoms with Crippen LogP contribution in [0, 0.1) is 0 Å². The summed E-state index contributed by atoms with van der Waals surface area (Å²) >= 11 is 1.57. The van der Waals surface area contributed by atoms with Crippen molar-refractivity contribution in [2.24, 2.45) is 10.7 Å². The number of benzene rings is 3. The minimum Gasteiger partial charge on any atom is -0.484 e. The van der Waals surface area contributed by atoms with Gasteiger partial charge in [-0.25, -0.2) is 0 Å². The SMILES string of the molecule is CC1(c2cccc(OCC(=O)Nc3cccc(Oc4ccccc4)c3)c2)CCSC(N)=N1. The number of anilines is 1. The second kappa shape index (κ2) is 9.78. The van der Waals surface area contributed by atoms with E-state index < -0.39 is 0 Å². The van der Waals surface area contributed by atoms with Crippen LogP contribution in [0.2, 0.25) is 0 Å². The molecule has 6 nitrogen and oxygen atoms in total. The number of rotatable bonds is 7. The standard InChI is InChI=1S/C25H25N3O3S/c1-25(13-14-32-24(26)28-25)18-7-5-11-21(15-18)30-17-23(29)27-19-8-6-12-22(16-19)31-20-9-3-2-4-10-20/h2-12,15-16H,13-14,17H2,1H3,(H2,26,28)(H,27,29). The fourth-order valence-electron chi connectivity index (χ4n) is 3.42. The second-order valence-electron chi connectivity index (χ2n) is 7.63. The molecule has 1 aliphatic rings. The number of nitrogens with zero attached hydrogens (tertiary/aromatic N) is 1. The molecule has 3 aromatic carbocycles. The summed E-state index contributed by atoms with van der Waals surface area (Å²) in [6.07, 6.45) is 0.893. The van der Waals surface area contributed by atoms with Gasteiger partial charge in [-0.05, 0) is 55.3 Å². The molecule has 1 aliphatic heterocycles. The number of carbonyl (C=O) groups excluding carboxylic acids is 1. The van der Waals surface area contributed by atoms with Crippen molar-refractivity contribution in [3.05, 3.63) is 84.4 Å². The zero-order chi connectivity index (χ0) is 22.4. The van der Waals surface area contributed by atoms with Gasteiger partial charge >= 0.3 is 0 Å². The van der Waals surface area contributed by atoms with Crippen LogP contribution in [-0.2, 0) is 10.3 Å². The molecule has 0 fully saturated rings. The Labute approximate surface area is 191 Å². The molecule has 0 aliphatic carbocycles. The average Bonchev–Trinajstić information content (AvgIpc) is 2.79. The molecule has 0 bridgehead atoms. The number of hydrogen-bond acceptors (Lipinski definition) is 6. The van der Waals surface area contributed by atoms with E-state index in [1.54, 1.807) is 23.9 Å². The van der Waals surface area contributed by atoms with Gasteiger partial charge in [0.2, 0.25) is 0 Å². The molecule has 7 heteroatoms. The molecule has 0 spiro atoms. The molecular weight excluding hydrogens is 422 g/mol. The lowest BCUT2D eigenvalue weighted by molar-refractivity contribution is -0.118. The summed E-state index contributed by atoms with van der Waals surface area (Å²) in [5.74, 6) is 2.66. The molecular formula is C25H25N3O3S. The number of nitrogens with one attached hydrogen (secondary N) is 1. The summed E-state index contributed by atoms with van der Waals surface area (Å²) < 4.78 is 11.6. The van der Waals surface area contributed by atoms with Crippen LogP contribution >= 0.6 is 11.8 Å². The van der Waals surface area contributed by atoms with Gasteiger partial charge in [-0.3, -0.25) is 9.79 Å². The fourth-order valence-corrected chi connectivity index (χ4v) is 4.40. The van der Waals surface area contributed by atoms with Crippen molar-refractivity contribution in [2.45, 2.75) is 18.9 Å². The van der Waals surface area contributed by atoms with Gasteiger partial charge in [0.15, 0.2) is 11.8 Å². The van der Waals surface area contributed by atoms with Gasteiger partial charge in [-0.15, -0.1) is 0 Å². The topological polar surface area (TPSA) is 85.9 Å². The van der Waals surface area contributed by atoms with Crippen molar-refractivity contribution < 1.29 is 14.3 Å². The summed E-state index contributed by atoms with van der Waals surface area (Å²) in [4.78, 5) is 17.1. The maximum absolute atomic E-state index is 12.4. The summed E-state index contributed by atoms with van der Waals surface area (Å²) in [6.45, 7) is 1.96. The highest BCUT2D eigenvalue weighted by molar-refractivity contribution is 8.13. The van der Waals surface area contributed by atoms with Crippen LogP contribution in [0.15, 0.2) is 83.9 Å². The van der Waals surface area contributed by atoms with E-state index in [9.17, 15) is 4.79 Å². The molecule has 1 amide bonds. The van der Waals surface area contributed by atoms with E-state index in [1.807, 2.05) is 66.7 Å². The Bertz CT molecular complexity index is 1120. The number of thioether (sulfide) groups is 1. The lowest BCUT2D eigenvalue weighted by Crippen LogP contribution is -2.28. The molecule has 3 N–H and O–H groups in total. The highest BCUT2D eigenvalue weighted by Gasteiger charge is 2.29. The third-order valence-corrected chi connectivity index (χ3v) is 5.91. The lowest BCUT2D eigenvalue weighted by atomic mass is 9.90. The Balaban J connectivity index is 1.36. The van der Waals surface area contributed by atoms with Crippen molar-refractivity contribution in [2.75, 3.05) is 17.7 Å². The van der Waals surface area contributed by atoms with Gasteiger partial charge in [0.25, 0.3) is 5.91 Å². The molecule has 0 radical (unpaired) electrons. The normalized spacial score (nSPS) is 17.8. The molecule has 4 rings (SSSR count). The molecule has 3 aromatic rings. The molecule has 164 valence electrons. The van der Waals surface area contributed by atoms with Gasteiger partial charge < -0.3 is 20.5 Å². The molecule has 0 saturated carbocycles. The maximum Gasteiger partial charge on any atom is 0.262 e. The largest absolute Gasteiger partial charge is 0.484 e. The van der Waals surface area contributed by atoms with Crippen molar-refractivity contribution in [3.63, 3.8) is 0 Å². The van der Waals surface area contributed by atoms with E-state index >= 15 is 0 Å². The van der Waals surface area contributed by atoms with E-state index in [-0.39, 0.29) is 18.1 Å². The zero-order valence-corrected chi connectivity index (χ0v) is 18.6. The zero-order valence-electron chi connectivity index (χ0n) is 17.8. The predicted molar refractivity (Wildman–Crippen MR) is 130 cm³/mol. The van der Waals surface area contributed by atoms with E-state index in [4.69, 9.17) is 15.2 Å². The molecule has 0 aromatic heterocycles. The van der Waals surface area contributed by atoms with Crippen LogP contribution in [0.1, 0.15) is 18.9 Å². The summed E-state index contributed by atoms with van der Waals surface area (Å²) in [5, 5.41) is 3.44. The number of amides is 1. The fraction of sp³-hybridized carbons (Fsp3) is 0.200. The minimum atomic E-state index is -0.379. The van der Waals surface area contributed by atoms with E-state index in [0.717, 1.165) is 23.5 Å². The predicted octanol–water partition coefficient (Wildman–Crippen LogP) is 5.16. The third kappa shape index (κ3) is 5.62. The van der Waals surface area contributed by atoms with Gasteiger partial charge in [0.1, 0.15) is 17.2 Å². The van der Waals surface area contributed by atoms with Crippen LogP contribution in [0.3, 0.4) is 0 Å². The molecule has 32 heavy (non-hydrogen) atoms. The average molecular weight is 448 g/mol. The molecule has 1 heterocycles. The van der Waals surface area contributed by atoms with Gasteiger partial charge in [0, 0.05) is 17.5 Å². The van der Waals surface area contributed by atoms with Crippen LogP contribution in [0.25, 0.3) is 0 Å². The van der Waals surface area contributed by atoms with E-state index in [1.165, 1.54) is 0 Å². The Morgan fingerprint density at radius 3 is 2.59 bits per heavy atom. The van der Waals surface area contributed by atoms with Gasteiger partial charge in [-0.1, -0.05) is 48.2 Å². The number of nitrogens with two attached hydrogens (primary N) is 1. The van der Waals surface area contributed by atoms with Crippen LogP contribution in [0.5, 0.6) is 17.2 Å². The maximum atomic E-state index is 12.4. The second-order valence-corrected chi connectivity index (χ2v) is 8.75. The summed E-state index contributed by atoms with van der Waals surface area (Å²) in [5.41, 5.74) is 7.21. The molecule has 1 unspecified atom stereocenters. The first-order valence-corrected chi connectivity index (χ1v) is 11.3. The molecule has 0 saturated heterocycles. The van der Waals surface area contributed by atoms with E-state index in [0.29, 0.717) is 22.4 Å². The Hall–Kier alpha value is -3.45. The first-order valence-electron chi connectivity index (χ1n) is 10.3. The Morgan fingerprint density at radius 2 is 1.78 bits per heavy atom. The Kier molecular flexibility index (Phi) is 6.66. The van der Waals surface area contributed by atoms with Crippen molar-refractivity contribution in [1.82, 2.24) is 0 Å². The number of aliphatic imine (C=N–C) groups is 1. The lowest BCUT2D eigenvalue weighted by Gasteiger charge is -2.30. The first kappa shape index (κ1) is 21.8. The molecule has 1 atom stereocenters. The third-order valence-electron chi connectivity index (χ3n) is 5.12. The first-order chi connectivity index (χ1) is 15.5. The Morgan fingerprint density at radius 1 is 1.03 bits per heavy atom. The van der Waals surface area contributed by atoms with Crippen LogP contribution in [-0.4, -0.2) is 23.4 Å². The van der Waals surface area contributed by atoms with Gasteiger partial charge in [0.05, 0.1) is 5.54 Å². The monoisotopic (exact) mass is 447 g/mol. The quantitative estimate of drug-likeness (QED) is 0.522. The summed E-state index contributed by atoms with van der Waals surface area (Å²) in [7, 11) is 0. The number of amidine groups is 1. The highest BCUT2D eigenvalue weighted by Crippen LogP contribution is 2.36. The van der Waals surface area contributed by atoms with Crippen molar-refractivity contribution >= 4 is 28.5 Å². The van der Waals surface area contributed by atoms with Gasteiger partial charge in [-0.2, -0.15) is 0 Å². The number of hydrogen-bond donors (Lipinski definition) is 2. The number of ether oxygens (including phenoxy) is 2. The van der Waals surface area contributed by atoms with Crippen molar-refractivity contribution in [3.8, 4) is 17.2 Å². The van der Waals surface area contributed by atoms with Crippen LogP contribution < -0.4 is 20.5 Å². The number of para-hydroxylation sites is 1. The van der Waals surface area contributed by atoms with Crippen molar-refractivity contribution in [1.29, 1.82) is 0 Å².